The van der Waals surface area contributed by atoms with Crippen LogP contribution < -0.4 is 5.73 Å². The Morgan fingerprint density at radius 2 is 2.13 bits per heavy atom. The van der Waals surface area contributed by atoms with Crippen molar-refractivity contribution in [2.24, 2.45) is 17.1 Å². The fraction of sp³-hybridized carbons (Fsp3) is 1.00. The zero-order valence-electron chi connectivity index (χ0n) is 10.6. The van der Waals surface area contributed by atoms with E-state index < -0.39 is 0 Å². The van der Waals surface area contributed by atoms with E-state index in [1.165, 1.54) is 43.6 Å². The van der Waals surface area contributed by atoms with E-state index in [1.54, 1.807) is 0 Å². The summed E-state index contributed by atoms with van der Waals surface area (Å²) in [6, 6.07) is 0.477. The third-order valence-electron chi connectivity index (χ3n) is 3.64. The number of hydrogen-bond acceptors (Lipinski definition) is 2. The van der Waals surface area contributed by atoms with Crippen molar-refractivity contribution in [3.05, 3.63) is 0 Å². The van der Waals surface area contributed by atoms with Gasteiger partial charge in [-0.3, -0.25) is 0 Å². The average molecular weight is 229 g/mol. The molecule has 2 heteroatoms. The third-order valence-corrected chi connectivity index (χ3v) is 4.63. The Labute approximate surface area is 99.6 Å². The van der Waals surface area contributed by atoms with Gasteiger partial charge in [0.05, 0.1) is 0 Å². The molecule has 1 aliphatic rings. The Morgan fingerprint density at radius 1 is 1.40 bits per heavy atom. The third kappa shape index (κ3) is 4.78. The Hall–Kier alpha value is 0.310. The lowest BCUT2D eigenvalue weighted by molar-refractivity contribution is 0.150. The van der Waals surface area contributed by atoms with Crippen LogP contribution in [0.3, 0.4) is 0 Å². The van der Waals surface area contributed by atoms with E-state index in [4.69, 9.17) is 5.73 Å². The highest BCUT2D eigenvalue weighted by Crippen LogP contribution is 2.39. The summed E-state index contributed by atoms with van der Waals surface area (Å²) in [5.41, 5.74) is 6.75. The Kier molecular flexibility index (Phi) is 5.48. The van der Waals surface area contributed by atoms with Crippen LogP contribution in [-0.4, -0.2) is 17.5 Å². The maximum Gasteiger partial charge on any atom is 0.00675 e. The van der Waals surface area contributed by atoms with Crippen LogP contribution in [0.1, 0.15) is 52.9 Å². The van der Waals surface area contributed by atoms with E-state index >= 15 is 0 Å². The molecule has 1 saturated carbocycles. The maximum atomic E-state index is 6.21. The van der Waals surface area contributed by atoms with Gasteiger partial charge in [0.2, 0.25) is 0 Å². The Morgan fingerprint density at radius 3 is 2.80 bits per heavy atom. The van der Waals surface area contributed by atoms with Gasteiger partial charge in [-0.25, -0.2) is 0 Å². The molecule has 2 atom stereocenters. The zero-order chi connectivity index (χ0) is 11.3. The molecule has 1 fully saturated rings. The summed E-state index contributed by atoms with van der Waals surface area (Å²) in [6.45, 7) is 7.03. The molecule has 0 aromatic carbocycles. The monoisotopic (exact) mass is 229 g/mol. The van der Waals surface area contributed by atoms with E-state index in [0.717, 1.165) is 5.92 Å². The van der Waals surface area contributed by atoms with Gasteiger partial charge in [0.25, 0.3) is 0 Å². The van der Waals surface area contributed by atoms with Crippen molar-refractivity contribution in [2.45, 2.75) is 58.9 Å². The highest BCUT2D eigenvalue weighted by Gasteiger charge is 2.32. The number of rotatable bonds is 5. The summed E-state index contributed by atoms with van der Waals surface area (Å²) in [5.74, 6) is 3.36. The highest BCUT2D eigenvalue weighted by atomic mass is 32.2. The van der Waals surface area contributed by atoms with Gasteiger partial charge in [-0.15, -0.1) is 0 Å². The molecule has 0 aromatic heterocycles. The van der Waals surface area contributed by atoms with Crippen LogP contribution in [0.15, 0.2) is 0 Å². The lowest BCUT2D eigenvalue weighted by Crippen LogP contribution is -2.39. The molecule has 0 amide bonds. The highest BCUT2D eigenvalue weighted by molar-refractivity contribution is 7.99. The first-order valence-corrected chi connectivity index (χ1v) is 7.54. The molecule has 0 bridgehead atoms. The second-order valence-electron chi connectivity index (χ2n) is 5.67. The lowest BCUT2D eigenvalue weighted by Gasteiger charge is -2.39. The van der Waals surface area contributed by atoms with Gasteiger partial charge in [0.15, 0.2) is 0 Å². The molecule has 0 aliphatic heterocycles. The largest absolute Gasteiger partial charge is 0.327 e. The first-order valence-electron chi connectivity index (χ1n) is 6.38. The van der Waals surface area contributed by atoms with Crippen molar-refractivity contribution in [2.75, 3.05) is 11.5 Å². The van der Waals surface area contributed by atoms with Crippen LogP contribution in [0.25, 0.3) is 0 Å². The van der Waals surface area contributed by atoms with Crippen molar-refractivity contribution in [3.8, 4) is 0 Å². The van der Waals surface area contributed by atoms with Crippen LogP contribution in [0, 0.1) is 11.3 Å². The van der Waals surface area contributed by atoms with Crippen LogP contribution in [-0.2, 0) is 0 Å². The predicted octanol–water partition coefficient (Wildman–Crippen LogP) is 3.67. The number of thioether (sulfide) groups is 1. The minimum absolute atomic E-state index is 0.477. The number of hydrogen-bond donors (Lipinski definition) is 1. The summed E-state index contributed by atoms with van der Waals surface area (Å²) < 4.78 is 0. The van der Waals surface area contributed by atoms with Crippen molar-refractivity contribution < 1.29 is 0 Å². The van der Waals surface area contributed by atoms with Crippen molar-refractivity contribution in [1.82, 2.24) is 0 Å². The van der Waals surface area contributed by atoms with E-state index in [-0.39, 0.29) is 0 Å². The van der Waals surface area contributed by atoms with Crippen molar-refractivity contribution in [1.29, 1.82) is 0 Å². The molecule has 2 N–H and O–H groups in total. The smallest absolute Gasteiger partial charge is 0.00675 e. The van der Waals surface area contributed by atoms with Gasteiger partial charge >= 0.3 is 0 Å². The first-order chi connectivity index (χ1) is 7.05. The summed E-state index contributed by atoms with van der Waals surface area (Å²) in [7, 11) is 0. The molecule has 0 aromatic rings. The normalized spacial score (nSPS) is 30.4. The number of nitrogens with two attached hydrogens (primary N) is 1. The molecule has 0 heterocycles. The summed E-state index contributed by atoms with van der Waals surface area (Å²) >= 11 is 2.06. The summed E-state index contributed by atoms with van der Waals surface area (Å²) in [6.07, 6.45) is 6.59. The average Bonchev–Trinajstić information content (AvgIpc) is 2.18. The molecule has 0 radical (unpaired) electrons. The minimum Gasteiger partial charge on any atom is -0.327 e. The van der Waals surface area contributed by atoms with E-state index in [0.29, 0.717) is 11.5 Å². The van der Waals surface area contributed by atoms with Crippen LogP contribution in [0.5, 0.6) is 0 Å². The minimum atomic E-state index is 0.477. The second kappa shape index (κ2) is 6.15. The topological polar surface area (TPSA) is 26.0 Å². The van der Waals surface area contributed by atoms with Gasteiger partial charge in [-0.2, -0.15) is 11.8 Å². The molecular formula is C13H27NS. The van der Waals surface area contributed by atoms with Gasteiger partial charge < -0.3 is 5.73 Å². The standard InChI is InChI=1S/C13H27NS/c1-4-15-9-5-6-11-10-13(2,3)8-7-12(11)14/h11-12H,4-10,14H2,1-3H3. The van der Waals surface area contributed by atoms with Gasteiger partial charge in [-0.05, 0) is 54.9 Å². The van der Waals surface area contributed by atoms with E-state index in [9.17, 15) is 0 Å². The second-order valence-corrected chi connectivity index (χ2v) is 7.06. The molecule has 0 spiro atoms. The summed E-state index contributed by atoms with van der Waals surface area (Å²) in [4.78, 5) is 0. The van der Waals surface area contributed by atoms with Crippen molar-refractivity contribution >= 4 is 11.8 Å². The Balaban J connectivity index is 2.25. The van der Waals surface area contributed by atoms with Gasteiger partial charge in [0.1, 0.15) is 0 Å². The van der Waals surface area contributed by atoms with Crippen LogP contribution in [0.2, 0.25) is 0 Å². The van der Waals surface area contributed by atoms with Gasteiger partial charge in [-0.1, -0.05) is 20.8 Å². The van der Waals surface area contributed by atoms with Gasteiger partial charge in [0, 0.05) is 6.04 Å². The molecule has 2 unspecified atom stereocenters. The molecule has 15 heavy (non-hydrogen) atoms. The van der Waals surface area contributed by atoms with Crippen LogP contribution >= 0.6 is 11.8 Å². The SMILES string of the molecule is CCSCCCC1CC(C)(C)CCC1N. The zero-order valence-corrected chi connectivity index (χ0v) is 11.4. The molecule has 1 rings (SSSR count). The molecule has 1 nitrogen and oxygen atoms in total. The molecular weight excluding hydrogens is 202 g/mol. The predicted molar refractivity (Wildman–Crippen MR) is 71.3 cm³/mol. The molecule has 1 aliphatic carbocycles. The first kappa shape index (κ1) is 13.4. The quantitative estimate of drug-likeness (QED) is 0.728. The fourth-order valence-corrected chi connectivity index (χ4v) is 3.32. The van der Waals surface area contributed by atoms with E-state index in [1.807, 2.05) is 0 Å². The summed E-state index contributed by atoms with van der Waals surface area (Å²) in [5, 5.41) is 0. The van der Waals surface area contributed by atoms with Crippen LogP contribution in [0.4, 0.5) is 0 Å². The fourth-order valence-electron chi connectivity index (χ4n) is 2.66. The van der Waals surface area contributed by atoms with Crippen molar-refractivity contribution in [3.63, 3.8) is 0 Å². The molecule has 0 saturated heterocycles. The maximum absolute atomic E-state index is 6.21. The molecule has 90 valence electrons. The Bertz CT molecular complexity index is 179. The van der Waals surface area contributed by atoms with E-state index in [2.05, 4.69) is 32.5 Å². The lowest BCUT2D eigenvalue weighted by atomic mass is 9.69.